The molecule has 104 valence electrons. The van der Waals surface area contributed by atoms with Gasteiger partial charge in [0.05, 0.1) is 0 Å². The van der Waals surface area contributed by atoms with Crippen molar-refractivity contribution in [2.24, 2.45) is 11.7 Å². The summed E-state index contributed by atoms with van der Waals surface area (Å²) in [5.41, 5.74) is 6.86. The number of benzene rings is 1. The highest BCUT2D eigenvalue weighted by atomic mass is 16.2. The Hall–Kier alpha value is -1.35. The first-order valence-electron chi connectivity index (χ1n) is 7.31. The number of nitrogens with two attached hydrogens (primary N) is 1. The molecule has 0 saturated carbocycles. The number of amides is 1. The quantitative estimate of drug-likeness (QED) is 0.882. The molecule has 3 nitrogen and oxygen atoms in total. The fraction of sp³-hybridized carbons (Fsp3) is 0.562. The van der Waals surface area contributed by atoms with Crippen LogP contribution in [0.15, 0.2) is 30.3 Å². The van der Waals surface area contributed by atoms with E-state index in [0.717, 1.165) is 44.7 Å². The van der Waals surface area contributed by atoms with Crippen molar-refractivity contribution in [1.29, 1.82) is 0 Å². The lowest BCUT2D eigenvalue weighted by Crippen LogP contribution is -2.39. The van der Waals surface area contributed by atoms with E-state index >= 15 is 0 Å². The van der Waals surface area contributed by atoms with E-state index in [9.17, 15) is 4.79 Å². The molecule has 0 aliphatic carbocycles. The zero-order chi connectivity index (χ0) is 13.5. The number of rotatable bonds is 5. The Balaban J connectivity index is 1.75. The molecule has 1 aliphatic heterocycles. The largest absolute Gasteiger partial charge is 0.343 e. The average molecular weight is 260 g/mol. The average Bonchev–Trinajstić information content (AvgIpc) is 2.46. The number of hydrogen-bond donors (Lipinski definition) is 1. The van der Waals surface area contributed by atoms with Crippen LogP contribution >= 0.6 is 0 Å². The highest BCUT2D eigenvalue weighted by molar-refractivity contribution is 5.76. The second kappa shape index (κ2) is 7.29. The zero-order valence-corrected chi connectivity index (χ0v) is 11.6. The van der Waals surface area contributed by atoms with Gasteiger partial charge in [-0.1, -0.05) is 30.3 Å². The summed E-state index contributed by atoms with van der Waals surface area (Å²) < 4.78 is 0. The van der Waals surface area contributed by atoms with Crippen molar-refractivity contribution < 1.29 is 4.79 Å². The van der Waals surface area contributed by atoms with Crippen molar-refractivity contribution in [1.82, 2.24) is 4.90 Å². The molecule has 3 heteroatoms. The minimum Gasteiger partial charge on any atom is -0.343 e. The zero-order valence-electron chi connectivity index (χ0n) is 11.6. The van der Waals surface area contributed by atoms with Crippen LogP contribution < -0.4 is 5.73 Å². The Morgan fingerprint density at radius 1 is 1.21 bits per heavy atom. The normalized spacial score (nSPS) is 16.6. The van der Waals surface area contributed by atoms with E-state index in [4.69, 9.17) is 5.73 Å². The van der Waals surface area contributed by atoms with Crippen LogP contribution in [0.2, 0.25) is 0 Å². The number of nitrogens with zero attached hydrogens (tertiary/aromatic N) is 1. The molecule has 1 heterocycles. The number of hydrogen-bond acceptors (Lipinski definition) is 2. The van der Waals surface area contributed by atoms with E-state index in [0.29, 0.717) is 13.0 Å². The van der Waals surface area contributed by atoms with Crippen molar-refractivity contribution in [3.8, 4) is 0 Å². The van der Waals surface area contributed by atoms with Gasteiger partial charge >= 0.3 is 0 Å². The molecule has 1 amide bonds. The van der Waals surface area contributed by atoms with E-state index < -0.39 is 0 Å². The number of likely N-dealkylation sites (tertiary alicyclic amines) is 1. The molecule has 0 bridgehead atoms. The smallest absolute Gasteiger partial charge is 0.222 e. The molecule has 2 rings (SSSR count). The van der Waals surface area contributed by atoms with Crippen molar-refractivity contribution in [3.63, 3.8) is 0 Å². The molecule has 1 aromatic rings. The van der Waals surface area contributed by atoms with Crippen LogP contribution in [0.25, 0.3) is 0 Å². The Kier molecular flexibility index (Phi) is 5.40. The molecule has 1 aliphatic rings. The highest BCUT2D eigenvalue weighted by Crippen LogP contribution is 2.22. The van der Waals surface area contributed by atoms with Crippen LogP contribution in [-0.2, 0) is 11.2 Å². The van der Waals surface area contributed by atoms with Crippen LogP contribution in [0.1, 0.15) is 31.2 Å². The Labute approximate surface area is 115 Å². The van der Waals surface area contributed by atoms with Gasteiger partial charge in [0.25, 0.3) is 0 Å². The molecule has 19 heavy (non-hydrogen) atoms. The molecular formula is C16H24N2O. The van der Waals surface area contributed by atoms with E-state index in [1.807, 2.05) is 4.90 Å². The van der Waals surface area contributed by atoms with Gasteiger partial charge in [-0.05, 0) is 43.7 Å². The predicted octanol–water partition coefficient (Wildman–Crippen LogP) is 2.21. The van der Waals surface area contributed by atoms with Gasteiger partial charge in [-0.25, -0.2) is 0 Å². The molecule has 0 atom stereocenters. The number of carbonyl (C=O) groups excluding carboxylic acids is 1. The van der Waals surface area contributed by atoms with E-state index in [2.05, 4.69) is 30.3 Å². The highest BCUT2D eigenvalue weighted by Gasteiger charge is 2.22. The summed E-state index contributed by atoms with van der Waals surface area (Å²) in [6.07, 6.45) is 4.82. The third kappa shape index (κ3) is 4.35. The van der Waals surface area contributed by atoms with Crippen LogP contribution in [0, 0.1) is 5.92 Å². The Morgan fingerprint density at radius 2 is 1.89 bits per heavy atom. The SMILES string of the molecule is NCCCC(=O)N1CCC(Cc2ccccc2)CC1. The van der Waals surface area contributed by atoms with Crippen LogP contribution in [0.5, 0.6) is 0 Å². The molecular weight excluding hydrogens is 236 g/mol. The maximum atomic E-state index is 11.9. The van der Waals surface area contributed by atoms with Crippen LogP contribution in [-0.4, -0.2) is 30.4 Å². The van der Waals surface area contributed by atoms with E-state index in [1.165, 1.54) is 5.56 Å². The first kappa shape index (κ1) is 14.1. The maximum absolute atomic E-state index is 11.9. The number of piperidine rings is 1. The summed E-state index contributed by atoms with van der Waals surface area (Å²) in [4.78, 5) is 13.9. The van der Waals surface area contributed by atoms with E-state index in [1.54, 1.807) is 0 Å². The minimum atomic E-state index is 0.281. The minimum absolute atomic E-state index is 0.281. The molecule has 1 fully saturated rings. The van der Waals surface area contributed by atoms with Gasteiger partial charge in [0.2, 0.25) is 5.91 Å². The van der Waals surface area contributed by atoms with Gasteiger partial charge in [0.15, 0.2) is 0 Å². The van der Waals surface area contributed by atoms with Crippen LogP contribution in [0.3, 0.4) is 0 Å². The molecule has 1 aromatic carbocycles. The van der Waals surface area contributed by atoms with Gasteiger partial charge < -0.3 is 10.6 Å². The Morgan fingerprint density at radius 3 is 2.53 bits per heavy atom. The molecule has 0 aromatic heterocycles. The molecule has 0 spiro atoms. The Bertz CT molecular complexity index is 383. The third-order valence-electron chi connectivity index (χ3n) is 3.93. The first-order valence-corrected chi connectivity index (χ1v) is 7.31. The van der Waals surface area contributed by atoms with Gasteiger partial charge in [-0.3, -0.25) is 4.79 Å². The predicted molar refractivity (Wildman–Crippen MR) is 77.7 cm³/mol. The molecule has 2 N–H and O–H groups in total. The van der Waals surface area contributed by atoms with Gasteiger partial charge in [-0.2, -0.15) is 0 Å². The number of carbonyl (C=O) groups is 1. The van der Waals surface area contributed by atoms with Crippen LogP contribution in [0.4, 0.5) is 0 Å². The van der Waals surface area contributed by atoms with Crippen molar-refractivity contribution in [2.45, 2.75) is 32.1 Å². The maximum Gasteiger partial charge on any atom is 0.222 e. The molecule has 1 saturated heterocycles. The standard InChI is InChI=1S/C16H24N2O/c17-10-4-7-16(19)18-11-8-15(9-12-18)13-14-5-2-1-3-6-14/h1-3,5-6,15H,4,7-13,17H2. The second-order valence-corrected chi connectivity index (χ2v) is 5.41. The summed E-state index contributed by atoms with van der Waals surface area (Å²) in [5.74, 6) is 1.00. The van der Waals surface area contributed by atoms with Crippen molar-refractivity contribution in [3.05, 3.63) is 35.9 Å². The first-order chi connectivity index (χ1) is 9.29. The second-order valence-electron chi connectivity index (χ2n) is 5.41. The summed E-state index contributed by atoms with van der Waals surface area (Å²) in [6, 6.07) is 10.6. The van der Waals surface area contributed by atoms with Gasteiger partial charge in [0.1, 0.15) is 0 Å². The van der Waals surface area contributed by atoms with Gasteiger partial charge in [-0.15, -0.1) is 0 Å². The fourth-order valence-electron chi connectivity index (χ4n) is 2.75. The topological polar surface area (TPSA) is 46.3 Å². The fourth-order valence-corrected chi connectivity index (χ4v) is 2.75. The lowest BCUT2D eigenvalue weighted by atomic mass is 9.90. The summed E-state index contributed by atoms with van der Waals surface area (Å²) in [7, 11) is 0. The van der Waals surface area contributed by atoms with Gasteiger partial charge in [0, 0.05) is 19.5 Å². The lowest BCUT2D eigenvalue weighted by Gasteiger charge is -2.32. The monoisotopic (exact) mass is 260 g/mol. The van der Waals surface area contributed by atoms with E-state index in [-0.39, 0.29) is 5.91 Å². The molecule has 0 unspecified atom stereocenters. The van der Waals surface area contributed by atoms with Crippen molar-refractivity contribution in [2.75, 3.05) is 19.6 Å². The lowest BCUT2D eigenvalue weighted by molar-refractivity contribution is -0.132. The molecule has 0 radical (unpaired) electrons. The third-order valence-corrected chi connectivity index (χ3v) is 3.93. The summed E-state index contributed by atoms with van der Waals surface area (Å²) in [5, 5.41) is 0. The summed E-state index contributed by atoms with van der Waals surface area (Å²) >= 11 is 0. The summed E-state index contributed by atoms with van der Waals surface area (Å²) in [6.45, 7) is 2.44. The van der Waals surface area contributed by atoms with Crippen molar-refractivity contribution >= 4 is 5.91 Å².